The Kier molecular flexibility index (Phi) is 8.81. The summed E-state index contributed by atoms with van der Waals surface area (Å²) in [5, 5.41) is 8.96. The third kappa shape index (κ3) is 6.87. The lowest BCUT2D eigenvalue weighted by Crippen LogP contribution is -2.51. The number of hydrogen-bond donors (Lipinski definition) is 3. The Balaban J connectivity index is 1.56. The molecule has 2 amide bonds. The first-order chi connectivity index (χ1) is 14.5. The first kappa shape index (κ1) is 22.9. The molecule has 164 valence electrons. The highest BCUT2D eigenvalue weighted by Gasteiger charge is 2.30. The Morgan fingerprint density at radius 2 is 2.00 bits per heavy atom. The van der Waals surface area contributed by atoms with Gasteiger partial charge in [-0.25, -0.2) is 0 Å². The summed E-state index contributed by atoms with van der Waals surface area (Å²) >= 11 is 6.81. The summed E-state index contributed by atoms with van der Waals surface area (Å²) < 4.78 is 5.20. The summed E-state index contributed by atoms with van der Waals surface area (Å²) in [6.45, 7) is 0.592. The van der Waals surface area contributed by atoms with Gasteiger partial charge in [0.1, 0.15) is 11.8 Å². The molecule has 0 spiro atoms. The lowest BCUT2D eigenvalue weighted by atomic mass is 9.85. The molecular formula is C22H31N3O3S2. The minimum atomic E-state index is -0.482. The van der Waals surface area contributed by atoms with Crippen molar-refractivity contribution in [2.75, 3.05) is 12.9 Å². The molecule has 30 heavy (non-hydrogen) atoms. The van der Waals surface area contributed by atoms with Crippen LogP contribution in [0.3, 0.4) is 0 Å². The molecule has 6 nitrogen and oxygen atoms in total. The van der Waals surface area contributed by atoms with E-state index in [0.29, 0.717) is 23.2 Å². The summed E-state index contributed by atoms with van der Waals surface area (Å²) in [4.78, 5) is 24.7. The van der Waals surface area contributed by atoms with Crippen LogP contribution in [-0.2, 0) is 11.3 Å². The van der Waals surface area contributed by atoms with Crippen molar-refractivity contribution in [3.8, 4) is 5.75 Å². The number of thioether (sulfide) groups is 1. The maximum atomic E-state index is 12.7. The van der Waals surface area contributed by atoms with Gasteiger partial charge < -0.3 is 20.7 Å². The maximum Gasteiger partial charge on any atom is 0.279 e. The number of carbonyl (C=O) groups excluding carboxylic acids is 2. The maximum absolute atomic E-state index is 12.7. The van der Waals surface area contributed by atoms with Crippen LogP contribution in [0.15, 0.2) is 24.3 Å². The highest BCUT2D eigenvalue weighted by atomic mass is 32.2. The van der Waals surface area contributed by atoms with Gasteiger partial charge in [-0.3, -0.25) is 9.59 Å². The van der Waals surface area contributed by atoms with Gasteiger partial charge >= 0.3 is 0 Å². The summed E-state index contributed by atoms with van der Waals surface area (Å²) in [5.41, 5.74) is 1.09. The summed E-state index contributed by atoms with van der Waals surface area (Å²) in [6.07, 6.45) is 8.34. The first-order valence-electron chi connectivity index (χ1n) is 10.7. The average Bonchev–Trinajstić information content (AvgIpc) is 3.22. The van der Waals surface area contributed by atoms with Crippen LogP contribution in [0.2, 0.25) is 0 Å². The van der Waals surface area contributed by atoms with Gasteiger partial charge in [-0.15, -0.1) is 0 Å². The molecule has 3 N–H and O–H groups in total. The Morgan fingerprint density at radius 3 is 2.63 bits per heavy atom. The van der Waals surface area contributed by atoms with E-state index < -0.39 is 6.04 Å². The molecule has 0 bridgehead atoms. The fourth-order valence-electron chi connectivity index (χ4n) is 4.00. The van der Waals surface area contributed by atoms with E-state index in [1.165, 1.54) is 32.1 Å². The second-order valence-corrected chi connectivity index (χ2v) is 9.44. The van der Waals surface area contributed by atoms with Gasteiger partial charge in [0.25, 0.3) is 5.24 Å². The van der Waals surface area contributed by atoms with Gasteiger partial charge in [-0.2, -0.15) is 0 Å². The van der Waals surface area contributed by atoms with Crippen molar-refractivity contribution in [3.05, 3.63) is 29.8 Å². The van der Waals surface area contributed by atoms with Crippen LogP contribution in [0.25, 0.3) is 0 Å². The molecule has 1 saturated carbocycles. The van der Waals surface area contributed by atoms with Crippen molar-refractivity contribution in [2.45, 2.75) is 63.6 Å². The van der Waals surface area contributed by atoms with Crippen molar-refractivity contribution in [1.29, 1.82) is 0 Å². The zero-order chi connectivity index (χ0) is 21.3. The Morgan fingerprint density at radius 1 is 1.27 bits per heavy atom. The van der Waals surface area contributed by atoms with Crippen molar-refractivity contribution in [3.63, 3.8) is 0 Å². The van der Waals surface area contributed by atoms with E-state index in [1.54, 1.807) is 7.11 Å². The highest BCUT2D eigenvalue weighted by molar-refractivity contribution is 8.14. The molecule has 2 fully saturated rings. The van der Waals surface area contributed by atoms with E-state index in [0.717, 1.165) is 35.9 Å². The second-order valence-electron chi connectivity index (χ2n) is 8.00. The second kappa shape index (κ2) is 11.6. The van der Waals surface area contributed by atoms with Crippen LogP contribution in [0.4, 0.5) is 4.79 Å². The quantitative estimate of drug-likeness (QED) is 0.498. The standard InChI is InChI=1S/C22H31N3O3S2/c1-28-17-10-7-16(8-11-17)13-23-21(29)18(12-9-15-5-3-2-4-6-15)24-20(26)19-14-30-22(27)25-19/h7-8,10-11,15,18-19H,2-6,9,12-14H2,1H3,(H,23,29)(H,24,26)(H,25,27)/t18-,19+/m1/s1. The summed E-state index contributed by atoms with van der Waals surface area (Å²) in [7, 11) is 1.65. The number of thiocarbonyl (C=S) groups is 1. The van der Waals surface area contributed by atoms with Crippen molar-refractivity contribution < 1.29 is 14.3 Å². The van der Waals surface area contributed by atoms with Crippen LogP contribution in [-0.4, -0.2) is 41.1 Å². The smallest absolute Gasteiger partial charge is 0.279 e. The molecule has 1 heterocycles. The normalized spacial score (nSPS) is 20.3. The number of benzene rings is 1. The molecule has 2 atom stereocenters. The topological polar surface area (TPSA) is 79.5 Å². The van der Waals surface area contributed by atoms with Crippen molar-refractivity contribution in [1.82, 2.24) is 16.0 Å². The SMILES string of the molecule is COc1ccc(CNC(=S)[C@@H](CCC2CCCCC2)NC(=O)[C@@H]2CSC(=O)N2)cc1. The van der Waals surface area contributed by atoms with Crippen LogP contribution in [0, 0.1) is 5.92 Å². The Bertz CT molecular complexity index is 736. The molecule has 0 radical (unpaired) electrons. The molecule has 1 aromatic rings. The minimum absolute atomic E-state index is 0.144. The minimum Gasteiger partial charge on any atom is -0.497 e. The van der Waals surface area contributed by atoms with Crippen LogP contribution < -0.4 is 20.7 Å². The van der Waals surface area contributed by atoms with E-state index in [-0.39, 0.29) is 17.2 Å². The van der Waals surface area contributed by atoms with E-state index in [2.05, 4.69) is 16.0 Å². The lowest BCUT2D eigenvalue weighted by Gasteiger charge is -2.26. The number of amides is 2. The van der Waals surface area contributed by atoms with Crippen molar-refractivity contribution in [2.24, 2.45) is 5.92 Å². The van der Waals surface area contributed by atoms with E-state index in [1.807, 2.05) is 24.3 Å². The number of methoxy groups -OCH3 is 1. The Labute approximate surface area is 188 Å². The highest BCUT2D eigenvalue weighted by Crippen LogP contribution is 2.28. The molecule has 0 aromatic heterocycles. The average molecular weight is 450 g/mol. The third-order valence-corrected chi connectivity index (χ3v) is 7.15. The van der Waals surface area contributed by atoms with Crippen LogP contribution in [0.5, 0.6) is 5.75 Å². The van der Waals surface area contributed by atoms with Crippen molar-refractivity contribution >= 4 is 40.1 Å². The molecule has 0 unspecified atom stereocenters. The largest absolute Gasteiger partial charge is 0.497 e. The van der Waals surface area contributed by atoms with Crippen LogP contribution in [0.1, 0.15) is 50.5 Å². The molecule has 1 aliphatic carbocycles. The van der Waals surface area contributed by atoms with Gasteiger partial charge in [0.05, 0.1) is 18.1 Å². The van der Waals surface area contributed by atoms with Gasteiger partial charge in [0, 0.05) is 12.3 Å². The molecular weight excluding hydrogens is 418 g/mol. The molecule has 8 heteroatoms. The molecule has 2 aliphatic rings. The van der Waals surface area contributed by atoms with E-state index >= 15 is 0 Å². The summed E-state index contributed by atoms with van der Waals surface area (Å²) in [5.74, 6) is 1.83. The number of rotatable bonds is 9. The van der Waals surface area contributed by atoms with E-state index in [9.17, 15) is 9.59 Å². The predicted octanol–water partition coefficient (Wildman–Crippen LogP) is 3.78. The van der Waals surface area contributed by atoms with Gasteiger partial charge in [0.2, 0.25) is 5.91 Å². The predicted molar refractivity (Wildman–Crippen MR) is 125 cm³/mol. The fourth-order valence-corrected chi connectivity index (χ4v) is 5.03. The first-order valence-corrected chi connectivity index (χ1v) is 12.1. The van der Waals surface area contributed by atoms with Crippen LogP contribution >= 0.6 is 24.0 Å². The van der Waals surface area contributed by atoms with Gasteiger partial charge in [-0.05, 0) is 36.5 Å². The Hall–Kier alpha value is -1.80. The fraction of sp³-hybridized carbons (Fsp3) is 0.591. The van der Waals surface area contributed by atoms with Gasteiger partial charge in [-0.1, -0.05) is 68.2 Å². The molecule has 1 saturated heterocycles. The molecule has 1 aliphatic heterocycles. The number of carbonyl (C=O) groups is 2. The number of hydrogen-bond acceptors (Lipinski definition) is 5. The zero-order valence-electron chi connectivity index (χ0n) is 17.4. The molecule has 1 aromatic carbocycles. The summed E-state index contributed by atoms with van der Waals surface area (Å²) in [6, 6.07) is 7.12. The number of ether oxygens (including phenoxy) is 1. The van der Waals surface area contributed by atoms with Gasteiger partial charge in [0.15, 0.2) is 0 Å². The monoisotopic (exact) mass is 449 g/mol. The molecule has 3 rings (SSSR count). The van der Waals surface area contributed by atoms with E-state index in [4.69, 9.17) is 17.0 Å². The lowest BCUT2D eigenvalue weighted by molar-refractivity contribution is -0.122. The zero-order valence-corrected chi connectivity index (χ0v) is 19.1. The third-order valence-electron chi connectivity index (χ3n) is 5.84. The number of nitrogens with one attached hydrogen (secondary N) is 3.